The summed E-state index contributed by atoms with van der Waals surface area (Å²) in [5.41, 5.74) is 0.838. The van der Waals surface area contributed by atoms with Gasteiger partial charge in [0.15, 0.2) is 0 Å². The monoisotopic (exact) mass is 311 g/mol. The van der Waals surface area contributed by atoms with E-state index in [1.54, 1.807) is 6.92 Å². The highest BCUT2D eigenvalue weighted by atomic mass is 32.2. The summed E-state index contributed by atoms with van der Waals surface area (Å²) < 4.78 is 26.8. The van der Waals surface area contributed by atoms with Gasteiger partial charge < -0.3 is 5.11 Å². The lowest BCUT2D eigenvalue weighted by atomic mass is 10.1. The molecule has 1 atom stereocenters. The van der Waals surface area contributed by atoms with Gasteiger partial charge in [-0.2, -0.15) is 0 Å². The summed E-state index contributed by atoms with van der Waals surface area (Å²) in [6.07, 6.45) is 0. The molecule has 1 aromatic heterocycles. The number of aromatic carboxylic acids is 1. The van der Waals surface area contributed by atoms with Gasteiger partial charge in [-0.1, -0.05) is 30.3 Å². The predicted molar refractivity (Wildman–Crippen MR) is 76.5 cm³/mol. The Kier molecular flexibility index (Phi) is 4.22. The van der Waals surface area contributed by atoms with Gasteiger partial charge in [-0.05, 0) is 18.6 Å². The van der Waals surface area contributed by atoms with Gasteiger partial charge in [0.2, 0.25) is 10.0 Å². The molecule has 5 nitrogen and oxygen atoms in total. The second-order valence-corrected chi connectivity index (χ2v) is 6.83. The topological polar surface area (TPSA) is 83.5 Å². The van der Waals surface area contributed by atoms with Crippen molar-refractivity contribution >= 4 is 27.3 Å². The van der Waals surface area contributed by atoms with Crippen molar-refractivity contribution in [3.8, 4) is 0 Å². The molecule has 7 heteroatoms. The Balaban J connectivity index is 2.20. The van der Waals surface area contributed by atoms with Gasteiger partial charge in [-0.25, -0.2) is 17.9 Å². The average molecular weight is 311 g/mol. The van der Waals surface area contributed by atoms with Crippen molar-refractivity contribution in [2.45, 2.75) is 17.9 Å². The molecule has 0 aliphatic rings. The number of carbonyl (C=O) groups is 1. The number of carboxylic acid groups (broad SMARTS) is 1. The third-order valence-corrected chi connectivity index (χ3v) is 5.32. The Morgan fingerprint density at radius 1 is 1.30 bits per heavy atom. The van der Waals surface area contributed by atoms with E-state index in [9.17, 15) is 13.2 Å². The Labute approximate surface area is 120 Å². The maximum absolute atomic E-state index is 12.2. The Hall–Kier alpha value is -1.70. The molecule has 0 unspecified atom stereocenters. The molecule has 0 spiro atoms. The predicted octanol–water partition coefficient (Wildman–Crippen LogP) is 2.49. The van der Waals surface area contributed by atoms with Gasteiger partial charge in [-0.3, -0.25) is 0 Å². The molecule has 0 saturated heterocycles. The summed E-state index contributed by atoms with van der Waals surface area (Å²) in [6, 6.07) is 9.91. The summed E-state index contributed by atoms with van der Waals surface area (Å²) in [7, 11) is -3.72. The second-order valence-electron chi connectivity index (χ2n) is 4.21. The molecular weight excluding hydrogens is 298 g/mol. The molecule has 0 fully saturated rings. The third kappa shape index (κ3) is 3.24. The molecule has 0 saturated carbocycles. The van der Waals surface area contributed by atoms with E-state index >= 15 is 0 Å². The first kappa shape index (κ1) is 14.7. The number of thiophene rings is 1. The van der Waals surface area contributed by atoms with E-state index in [1.807, 2.05) is 30.3 Å². The van der Waals surface area contributed by atoms with Crippen molar-refractivity contribution in [1.82, 2.24) is 4.72 Å². The van der Waals surface area contributed by atoms with Gasteiger partial charge >= 0.3 is 5.97 Å². The number of benzene rings is 1. The molecule has 106 valence electrons. The van der Waals surface area contributed by atoms with Crippen molar-refractivity contribution < 1.29 is 18.3 Å². The van der Waals surface area contributed by atoms with Crippen LogP contribution in [-0.2, 0) is 10.0 Å². The van der Waals surface area contributed by atoms with Crippen LogP contribution in [0.15, 0.2) is 46.7 Å². The standard InChI is InChI=1S/C13H13NO4S2/c1-9(10-5-3-2-4-6-10)14-20(17,18)11-7-12(13(15)16)19-8-11/h2-9,14H,1H3,(H,15,16)/t9-/m1/s1. The summed E-state index contributed by atoms with van der Waals surface area (Å²) in [4.78, 5) is 10.8. The van der Waals surface area contributed by atoms with E-state index in [0.717, 1.165) is 23.0 Å². The van der Waals surface area contributed by atoms with Crippen molar-refractivity contribution in [3.05, 3.63) is 52.2 Å². The molecule has 1 aromatic carbocycles. The van der Waals surface area contributed by atoms with Crippen molar-refractivity contribution in [3.63, 3.8) is 0 Å². The maximum atomic E-state index is 12.2. The van der Waals surface area contributed by atoms with Gasteiger partial charge in [0, 0.05) is 11.4 Å². The number of hydrogen-bond donors (Lipinski definition) is 2. The fourth-order valence-corrected chi connectivity index (χ4v) is 4.03. The molecule has 2 N–H and O–H groups in total. The number of sulfonamides is 1. The molecule has 0 amide bonds. The Morgan fingerprint density at radius 3 is 2.50 bits per heavy atom. The van der Waals surface area contributed by atoms with Crippen LogP contribution in [0.1, 0.15) is 28.2 Å². The minimum absolute atomic E-state index is 0.00209. The number of rotatable bonds is 5. The Bertz CT molecular complexity index is 707. The number of nitrogens with one attached hydrogen (secondary N) is 1. The average Bonchev–Trinajstić information content (AvgIpc) is 2.90. The van der Waals surface area contributed by atoms with Crippen LogP contribution in [-0.4, -0.2) is 19.5 Å². The fourth-order valence-electron chi connectivity index (χ4n) is 1.68. The van der Waals surface area contributed by atoms with Crippen molar-refractivity contribution in [2.75, 3.05) is 0 Å². The summed E-state index contributed by atoms with van der Waals surface area (Å²) in [5, 5.41) is 10.1. The van der Waals surface area contributed by atoms with Crippen molar-refractivity contribution in [2.24, 2.45) is 0 Å². The minimum atomic E-state index is -3.72. The SMILES string of the molecule is C[C@@H](NS(=O)(=O)c1csc(C(=O)O)c1)c1ccccc1. The van der Waals surface area contributed by atoms with E-state index in [2.05, 4.69) is 4.72 Å². The van der Waals surface area contributed by atoms with Gasteiger partial charge in [-0.15, -0.1) is 11.3 Å². The maximum Gasteiger partial charge on any atom is 0.345 e. The van der Waals surface area contributed by atoms with Crippen LogP contribution in [0.2, 0.25) is 0 Å². The quantitative estimate of drug-likeness (QED) is 0.888. The number of carboxylic acids is 1. The lowest BCUT2D eigenvalue weighted by Gasteiger charge is -2.13. The summed E-state index contributed by atoms with van der Waals surface area (Å²) >= 11 is 0.889. The molecule has 2 rings (SSSR count). The van der Waals surface area contributed by atoms with E-state index in [1.165, 1.54) is 5.38 Å². The molecule has 0 aliphatic carbocycles. The Morgan fingerprint density at radius 2 is 1.95 bits per heavy atom. The largest absolute Gasteiger partial charge is 0.477 e. The summed E-state index contributed by atoms with van der Waals surface area (Å²) in [6.45, 7) is 1.73. The van der Waals surface area contributed by atoms with E-state index in [0.29, 0.717) is 0 Å². The third-order valence-electron chi connectivity index (χ3n) is 2.73. The van der Waals surface area contributed by atoms with Crippen LogP contribution in [0.3, 0.4) is 0 Å². The highest BCUT2D eigenvalue weighted by Crippen LogP contribution is 2.21. The summed E-state index contributed by atoms with van der Waals surface area (Å²) in [5.74, 6) is -1.13. The van der Waals surface area contributed by atoms with Crippen LogP contribution in [0, 0.1) is 0 Å². The minimum Gasteiger partial charge on any atom is -0.477 e. The molecule has 0 aliphatic heterocycles. The molecule has 0 bridgehead atoms. The van der Waals surface area contributed by atoms with Crippen LogP contribution >= 0.6 is 11.3 Å². The van der Waals surface area contributed by atoms with Gasteiger partial charge in [0.25, 0.3) is 0 Å². The van der Waals surface area contributed by atoms with Gasteiger partial charge in [0.05, 0.1) is 4.90 Å². The molecule has 0 radical (unpaired) electrons. The molecule has 2 aromatic rings. The highest BCUT2D eigenvalue weighted by molar-refractivity contribution is 7.89. The second kappa shape index (κ2) is 5.74. The van der Waals surface area contributed by atoms with Crippen LogP contribution < -0.4 is 4.72 Å². The highest BCUT2D eigenvalue weighted by Gasteiger charge is 2.21. The first-order valence-corrected chi connectivity index (χ1v) is 8.15. The smallest absolute Gasteiger partial charge is 0.345 e. The van der Waals surface area contributed by atoms with E-state index < -0.39 is 22.0 Å². The van der Waals surface area contributed by atoms with Crippen molar-refractivity contribution in [1.29, 1.82) is 0 Å². The van der Waals surface area contributed by atoms with E-state index in [4.69, 9.17) is 5.11 Å². The van der Waals surface area contributed by atoms with Crippen LogP contribution in [0.5, 0.6) is 0 Å². The first-order valence-electron chi connectivity index (χ1n) is 5.79. The normalized spacial score (nSPS) is 13.1. The molecule has 20 heavy (non-hydrogen) atoms. The van der Waals surface area contributed by atoms with Gasteiger partial charge in [0.1, 0.15) is 4.88 Å². The molecule has 1 heterocycles. The fraction of sp³-hybridized carbons (Fsp3) is 0.154. The van der Waals surface area contributed by atoms with Crippen LogP contribution in [0.25, 0.3) is 0 Å². The zero-order valence-electron chi connectivity index (χ0n) is 10.6. The number of hydrogen-bond acceptors (Lipinski definition) is 4. The lowest BCUT2D eigenvalue weighted by molar-refractivity contribution is 0.0702. The van der Waals surface area contributed by atoms with Crippen LogP contribution in [0.4, 0.5) is 0 Å². The zero-order chi connectivity index (χ0) is 14.8. The van der Waals surface area contributed by atoms with E-state index in [-0.39, 0.29) is 9.77 Å². The first-order chi connectivity index (χ1) is 9.40. The molecular formula is C13H13NO4S2. The zero-order valence-corrected chi connectivity index (χ0v) is 12.2. The lowest BCUT2D eigenvalue weighted by Crippen LogP contribution is -2.26.